The Morgan fingerprint density at radius 2 is 1.84 bits per heavy atom. The number of benzene rings is 2. The number of aliphatic hydroxyl groups is 1. The molecule has 1 fully saturated rings. The number of Topliss-reactive ketones (excluding diaryl/α,β-unsaturated/α-hetero) is 1. The quantitative estimate of drug-likeness (QED) is 0.375. The van der Waals surface area contributed by atoms with Crippen LogP contribution in [0.5, 0.6) is 5.75 Å². The maximum atomic E-state index is 13.5. The number of nitrogens with zero attached hydrogens (tertiary/aromatic N) is 1. The molecule has 1 aliphatic rings. The summed E-state index contributed by atoms with van der Waals surface area (Å²) in [6.07, 6.45) is 0.872. The molecule has 1 atom stereocenters. The minimum absolute atomic E-state index is 0.0111. The third kappa shape index (κ3) is 4.83. The number of ketones is 1. The van der Waals surface area contributed by atoms with Crippen LogP contribution < -0.4 is 9.64 Å². The summed E-state index contributed by atoms with van der Waals surface area (Å²) in [5.41, 5.74) is 1.82. The highest BCUT2D eigenvalue weighted by atomic mass is 19.1. The minimum atomic E-state index is -0.786. The van der Waals surface area contributed by atoms with Gasteiger partial charge in [-0.05, 0) is 54.8 Å². The van der Waals surface area contributed by atoms with Gasteiger partial charge >= 0.3 is 0 Å². The Balaban J connectivity index is 2.09. The normalized spacial score (nSPS) is 17.9. The molecular formula is C25H30FN2O4+. The van der Waals surface area contributed by atoms with Gasteiger partial charge in [-0.3, -0.25) is 9.59 Å². The summed E-state index contributed by atoms with van der Waals surface area (Å²) in [6, 6.07) is 10.0. The van der Waals surface area contributed by atoms with Crippen molar-refractivity contribution in [2.24, 2.45) is 0 Å². The van der Waals surface area contributed by atoms with Crippen molar-refractivity contribution in [2.75, 3.05) is 33.8 Å². The fraction of sp³-hybridized carbons (Fsp3) is 0.360. The van der Waals surface area contributed by atoms with Crippen LogP contribution in [0.2, 0.25) is 0 Å². The number of aryl methyl sites for hydroxylation is 1. The predicted octanol–water partition coefficient (Wildman–Crippen LogP) is 2.49. The lowest BCUT2D eigenvalue weighted by molar-refractivity contribution is -0.857. The zero-order chi connectivity index (χ0) is 23.4. The molecule has 2 aromatic rings. The molecule has 32 heavy (non-hydrogen) atoms. The van der Waals surface area contributed by atoms with Gasteiger partial charge in [0.15, 0.2) is 0 Å². The number of halogens is 1. The molecule has 1 heterocycles. The van der Waals surface area contributed by atoms with Crippen molar-refractivity contribution in [1.82, 2.24) is 4.90 Å². The van der Waals surface area contributed by atoms with E-state index in [0.717, 1.165) is 16.9 Å². The number of rotatable bonds is 8. The second-order valence-corrected chi connectivity index (χ2v) is 8.33. The van der Waals surface area contributed by atoms with Crippen LogP contribution >= 0.6 is 0 Å². The molecule has 0 saturated carbocycles. The summed E-state index contributed by atoms with van der Waals surface area (Å²) in [4.78, 5) is 28.5. The topological polar surface area (TPSA) is 71.3 Å². The average molecular weight is 442 g/mol. The van der Waals surface area contributed by atoms with E-state index in [2.05, 4.69) is 0 Å². The van der Waals surface area contributed by atoms with E-state index in [1.165, 1.54) is 17.0 Å². The SMILES string of the molecule is CCCOc1ccc(C(O)=C2C(=O)C(=O)N(CC[NH+](C)C)[C@H]2c2ccc(F)cc2)cc1C. The third-order valence-electron chi connectivity index (χ3n) is 5.49. The fourth-order valence-electron chi connectivity index (χ4n) is 3.77. The number of ether oxygens (including phenoxy) is 1. The molecule has 0 spiro atoms. The molecule has 0 unspecified atom stereocenters. The molecule has 1 amide bonds. The number of nitrogens with one attached hydrogen (secondary N) is 1. The van der Waals surface area contributed by atoms with Gasteiger partial charge in [-0.15, -0.1) is 0 Å². The number of carbonyl (C=O) groups is 2. The first kappa shape index (κ1) is 23.5. The summed E-state index contributed by atoms with van der Waals surface area (Å²) in [5.74, 6) is -1.37. The van der Waals surface area contributed by atoms with E-state index in [9.17, 15) is 19.1 Å². The number of aliphatic hydroxyl groups excluding tert-OH is 1. The molecule has 7 heteroatoms. The lowest BCUT2D eigenvalue weighted by atomic mass is 9.94. The highest BCUT2D eigenvalue weighted by Gasteiger charge is 2.46. The van der Waals surface area contributed by atoms with Gasteiger partial charge in [0, 0.05) is 5.56 Å². The second kappa shape index (κ2) is 9.96. The standard InChI is InChI=1S/C25H29FN2O4/c1-5-14-32-20-11-8-18(15-16(20)2)23(29)21-22(17-6-9-19(26)10-7-17)28(13-12-27(3)4)25(31)24(21)30/h6-11,15,22,29H,5,12-14H2,1-4H3/p+1/t22-/m0/s1. The fourth-order valence-corrected chi connectivity index (χ4v) is 3.77. The third-order valence-corrected chi connectivity index (χ3v) is 5.49. The van der Waals surface area contributed by atoms with Gasteiger partial charge in [-0.25, -0.2) is 4.39 Å². The van der Waals surface area contributed by atoms with Gasteiger partial charge in [0.1, 0.15) is 17.3 Å². The summed E-state index contributed by atoms with van der Waals surface area (Å²) in [6.45, 7) is 5.40. The smallest absolute Gasteiger partial charge is 0.295 e. The molecule has 0 radical (unpaired) electrons. The van der Waals surface area contributed by atoms with E-state index in [1.807, 2.05) is 27.9 Å². The Bertz CT molecular complexity index is 1030. The van der Waals surface area contributed by atoms with E-state index in [1.54, 1.807) is 30.3 Å². The number of hydrogen-bond donors (Lipinski definition) is 2. The van der Waals surface area contributed by atoms with E-state index in [-0.39, 0.29) is 11.3 Å². The number of quaternary nitrogens is 1. The van der Waals surface area contributed by atoms with Crippen LogP contribution in [0.1, 0.15) is 36.1 Å². The second-order valence-electron chi connectivity index (χ2n) is 8.33. The summed E-state index contributed by atoms with van der Waals surface area (Å²) in [5, 5.41) is 11.1. The van der Waals surface area contributed by atoms with E-state index in [0.29, 0.717) is 36.6 Å². The van der Waals surface area contributed by atoms with E-state index < -0.39 is 23.5 Å². The Morgan fingerprint density at radius 3 is 2.44 bits per heavy atom. The Kier molecular flexibility index (Phi) is 7.30. The number of likely N-dealkylation sites (N-methyl/N-ethyl adjacent to an activating group) is 1. The summed E-state index contributed by atoms with van der Waals surface area (Å²) in [7, 11) is 3.91. The molecule has 2 aromatic carbocycles. The predicted molar refractivity (Wildman–Crippen MR) is 120 cm³/mol. The molecular weight excluding hydrogens is 411 g/mol. The largest absolute Gasteiger partial charge is 0.507 e. The number of amides is 1. The van der Waals surface area contributed by atoms with Crippen LogP contribution in [0.3, 0.4) is 0 Å². The van der Waals surface area contributed by atoms with Crippen LogP contribution in [-0.2, 0) is 9.59 Å². The van der Waals surface area contributed by atoms with Crippen molar-refractivity contribution in [2.45, 2.75) is 26.3 Å². The summed E-state index contributed by atoms with van der Waals surface area (Å²) >= 11 is 0. The van der Waals surface area contributed by atoms with Crippen molar-refractivity contribution in [3.05, 3.63) is 70.5 Å². The minimum Gasteiger partial charge on any atom is -0.507 e. The first-order valence-corrected chi connectivity index (χ1v) is 10.8. The van der Waals surface area contributed by atoms with E-state index in [4.69, 9.17) is 4.74 Å². The van der Waals surface area contributed by atoms with Crippen LogP contribution in [0, 0.1) is 12.7 Å². The van der Waals surface area contributed by atoms with Crippen LogP contribution in [-0.4, -0.2) is 55.5 Å². The molecule has 6 nitrogen and oxygen atoms in total. The van der Waals surface area contributed by atoms with Crippen molar-refractivity contribution >= 4 is 17.4 Å². The molecule has 1 saturated heterocycles. The Hall–Kier alpha value is -3.19. The van der Waals surface area contributed by atoms with Gasteiger partial charge < -0.3 is 19.6 Å². The van der Waals surface area contributed by atoms with Crippen molar-refractivity contribution in [3.63, 3.8) is 0 Å². The first-order valence-electron chi connectivity index (χ1n) is 10.8. The Labute approximate surface area is 187 Å². The number of likely N-dealkylation sites (tertiary alicyclic amines) is 1. The lowest BCUT2D eigenvalue weighted by Crippen LogP contribution is -3.06. The molecule has 0 bridgehead atoms. The van der Waals surface area contributed by atoms with E-state index >= 15 is 0 Å². The number of hydrogen-bond acceptors (Lipinski definition) is 4. The van der Waals surface area contributed by atoms with Crippen molar-refractivity contribution < 1.29 is 28.7 Å². The van der Waals surface area contributed by atoms with Crippen molar-refractivity contribution in [1.29, 1.82) is 0 Å². The van der Waals surface area contributed by atoms with Crippen LogP contribution in [0.15, 0.2) is 48.0 Å². The maximum absolute atomic E-state index is 13.5. The van der Waals surface area contributed by atoms with Crippen LogP contribution in [0.25, 0.3) is 5.76 Å². The molecule has 0 aliphatic carbocycles. The zero-order valence-electron chi connectivity index (χ0n) is 18.9. The van der Waals surface area contributed by atoms with Crippen LogP contribution in [0.4, 0.5) is 4.39 Å². The van der Waals surface area contributed by atoms with Crippen molar-refractivity contribution in [3.8, 4) is 5.75 Å². The highest BCUT2D eigenvalue weighted by molar-refractivity contribution is 6.46. The maximum Gasteiger partial charge on any atom is 0.295 e. The zero-order valence-corrected chi connectivity index (χ0v) is 18.9. The molecule has 170 valence electrons. The highest BCUT2D eigenvalue weighted by Crippen LogP contribution is 2.39. The first-order chi connectivity index (χ1) is 15.2. The van der Waals surface area contributed by atoms with Gasteiger partial charge in [0.25, 0.3) is 11.7 Å². The molecule has 1 aliphatic heterocycles. The average Bonchev–Trinajstić information content (AvgIpc) is 3.01. The van der Waals surface area contributed by atoms with Gasteiger partial charge in [0.2, 0.25) is 0 Å². The monoisotopic (exact) mass is 441 g/mol. The molecule has 0 aromatic heterocycles. The Morgan fingerprint density at radius 1 is 1.16 bits per heavy atom. The van der Waals surface area contributed by atoms with Gasteiger partial charge in [-0.1, -0.05) is 19.1 Å². The molecule has 3 rings (SSSR count). The van der Waals surface area contributed by atoms with Gasteiger partial charge in [0.05, 0.1) is 45.4 Å². The molecule has 2 N–H and O–H groups in total. The number of carbonyl (C=O) groups excluding carboxylic acids is 2. The lowest BCUT2D eigenvalue weighted by Gasteiger charge is -2.25. The summed E-state index contributed by atoms with van der Waals surface area (Å²) < 4.78 is 19.2. The van der Waals surface area contributed by atoms with Gasteiger partial charge in [-0.2, -0.15) is 0 Å².